The summed E-state index contributed by atoms with van der Waals surface area (Å²) in [6.45, 7) is 0. The van der Waals surface area contributed by atoms with E-state index >= 15 is 0 Å². The highest BCUT2D eigenvalue weighted by Gasteiger charge is 2.13. The van der Waals surface area contributed by atoms with E-state index in [9.17, 15) is 4.79 Å². The van der Waals surface area contributed by atoms with E-state index in [1.807, 2.05) is 0 Å². The van der Waals surface area contributed by atoms with E-state index in [0.29, 0.717) is 5.82 Å². The lowest BCUT2D eigenvalue weighted by molar-refractivity contribution is 0.0593. The van der Waals surface area contributed by atoms with Crippen molar-refractivity contribution in [2.75, 3.05) is 12.4 Å². The second-order valence-electron chi connectivity index (χ2n) is 5.05. The van der Waals surface area contributed by atoms with Gasteiger partial charge in [-0.1, -0.05) is 12.1 Å². The molecule has 1 aromatic heterocycles. The zero-order chi connectivity index (χ0) is 14.7. The Morgan fingerprint density at radius 2 is 2.05 bits per heavy atom. The summed E-state index contributed by atoms with van der Waals surface area (Å²) >= 11 is 0. The predicted octanol–water partition coefficient (Wildman–Crippen LogP) is 2.89. The lowest BCUT2D eigenvalue weighted by Gasteiger charge is -2.19. The van der Waals surface area contributed by atoms with Crippen molar-refractivity contribution in [3.05, 3.63) is 47.4 Å². The Hall–Kier alpha value is -2.43. The lowest BCUT2D eigenvalue weighted by atomic mass is 9.90. The first kappa shape index (κ1) is 13.5. The number of aromatic nitrogens is 2. The molecule has 1 aromatic carbocycles. The van der Waals surface area contributed by atoms with Gasteiger partial charge in [0.25, 0.3) is 0 Å². The summed E-state index contributed by atoms with van der Waals surface area (Å²) in [5.41, 5.74) is 4.05. The van der Waals surface area contributed by atoms with Crippen molar-refractivity contribution in [2.45, 2.75) is 25.7 Å². The number of benzene rings is 1. The van der Waals surface area contributed by atoms with Crippen LogP contribution in [0.2, 0.25) is 0 Å². The van der Waals surface area contributed by atoms with E-state index in [-0.39, 0.29) is 5.69 Å². The summed E-state index contributed by atoms with van der Waals surface area (Å²) in [5, 5.41) is 3.29. The lowest BCUT2D eigenvalue weighted by Crippen LogP contribution is -2.08. The molecule has 0 spiro atoms. The number of carbonyl (C=O) groups is 1. The first-order chi connectivity index (χ1) is 10.3. The fraction of sp³-hybridized carbons (Fsp3) is 0.312. The van der Waals surface area contributed by atoms with Crippen LogP contribution in [-0.4, -0.2) is 23.0 Å². The predicted molar refractivity (Wildman–Crippen MR) is 79.7 cm³/mol. The molecule has 1 aliphatic carbocycles. The molecule has 0 bridgehead atoms. The number of hydrogen-bond acceptors (Lipinski definition) is 5. The summed E-state index contributed by atoms with van der Waals surface area (Å²) in [7, 11) is 1.33. The summed E-state index contributed by atoms with van der Waals surface area (Å²) in [6.07, 6.45) is 7.67. The van der Waals surface area contributed by atoms with E-state index < -0.39 is 5.97 Å². The molecule has 0 fully saturated rings. The quantitative estimate of drug-likeness (QED) is 0.877. The summed E-state index contributed by atoms with van der Waals surface area (Å²) < 4.78 is 4.61. The molecule has 1 N–H and O–H groups in total. The molecule has 2 aromatic rings. The Labute approximate surface area is 123 Å². The monoisotopic (exact) mass is 283 g/mol. The van der Waals surface area contributed by atoms with Crippen molar-refractivity contribution in [2.24, 2.45) is 0 Å². The van der Waals surface area contributed by atoms with Crippen LogP contribution in [0.5, 0.6) is 0 Å². The third-order valence-corrected chi connectivity index (χ3v) is 3.71. The maximum atomic E-state index is 11.3. The van der Waals surface area contributed by atoms with E-state index in [1.54, 1.807) is 6.20 Å². The number of hydrogen-bond donors (Lipinski definition) is 1. The van der Waals surface area contributed by atoms with Crippen LogP contribution in [0.25, 0.3) is 0 Å². The number of ether oxygens (including phenoxy) is 1. The number of nitrogens with zero attached hydrogens (tertiary/aromatic N) is 2. The van der Waals surface area contributed by atoms with Gasteiger partial charge in [0, 0.05) is 5.69 Å². The maximum absolute atomic E-state index is 11.3. The van der Waals surface area contributed by atoms with E-state index in [1.165, 1.54) is 37.3 Å². The Morgan fingerprint density at radius 1 is 1.19 bits per heavy atom. The number of nitrogens with one attached hydrogen (secondary N) is 1. The van der Waals surface area contributed by atoms with Crippen molar-refractivity contribution < 1.29 is 9.53 Å². The van der Waals surface area contributed by atoms with Crippen LogP contribution < -0.4 is 5.32 Å². The number of anilines is 2. The van der Waals surface area contributed by atoms with Gasteiger partial charge in [0.05, 0.1) is 19.5 Å². The number of fused-ring (bicyclic) bond motifs is 1. The van der Waals surface area contributed by atoms with Crippen molar-refractivity contribution in [3.63, 3.8) is 0 Å². The molecule has 0 atom stereocenters. The number of carbonyl (C=O) groups excluding carboxylic acids is 1. The molecule has 5 heteroatoms. The molecule has 1 aliphatic rings. The van der Waals surface area contributed by atoms with Crippen molar-refractivity contribution in [1.82, 2.24) is 9.97 Å². The molecule has 0 saturated carbocycles. The van der Waals surface area contributed by atoms with Gasteiger partial charge in [-0.2, -0.15) is 0 Å². The Balaban J connectivity index is 1.82. The van der Waals surface area contributed by atoms with Gasteiger partial charge in [-0.25, -0.2) is 14.8 Å². The minimum absolute atomic E-state index is 0.207. The topological polar surface area (TPSA) is 64.1 Å². The second-order valence-corrected chi connectivity index (χ2v) is 5.05. The van der Waals surface area contributed by atoms with Crippen LogP contribution in [0, 0.1) is 0 Å². The van der Waals surface area contributed by atoms with Crippen LogP contribution in [0.4, 0.5) is 11.5 Å². The van der Waals surface area contributed by atoms with E-state index in [4.69, 9.17) is 0 Å². The van der Waals surface area contributed by atoms with Gasteiger partial charge in [-0.05, 0) is 42.9 Å². The average molecular weight is 283 g/mol. The molecular formula is C16H17N3O2. The molecule has 3 rings (SSSR count). The fourth-order valence-corrected chi connectivity index (χ4v) is 2.64. The van der Waals surface area contributed by atoms with Crippen molar-refractivity contribution in [3.8, 4) is 0 Å². The molecule has 0 unspecified atom stereocenters. The third kappa shape index (κ3) is 2.86. The minimum Gasteiger partial charge on any atom is -0.464 e. The standard InChI is InChI=1S/C16H17N3O2/c1-21-16(20)14-9-18-15(10-17-14)19-13-8-4-6-11-5-2-3-7-12(11)13/h4,6,8-10H,2-3,5,7H2,1H3,(H,18,19). The summed E-state index contributed by atoms with van der Waals surface area (Å²) in [4.78, 5) is 19.6. The van der Waals surface area contributed by atoms with Crippen LogP contribution in [0.1, 0.15) is 34.5 Å². The molecule has 21 heavy (non-hydrogen) atoms. The third-order valence-electron chi connectivity index (χ3n) is 3.71. The number of aryl methyl sites for hydroxylation is 1. The van der Waals surface area contributed by atoms with Gasteiger partial charge in [-0.3, -0.25) is 0 Å². The van der Waals surface area contributed by atoms with E-state index in [0.717, 1.165) is 18.5 Å². The average Bonchev–Trinajstić information content (AvgIpc) is 2.55. The van der Waals surface area contributed by atoms with Gasteiger partial charge in [-0.15, -0.1) is 0 Å². The Morgan fingerprint density at radius 3 is 2.81 bits per heavy atom. The molecule has 0 saturated heterocycles. The first-order valence-corrected chi connectivity index (χ1v) is 7.06. The van der Waals surface area contributed by atoms with Crippen molar-refractivity contribution >= 4 is 17.5 Å². The second kappa shape index (κ2) is 5.91. The summed E-state index contributed by atoms with van der Waals surface area (Å²) in [5.74, 6) is 0.146. The van der Waals surface area contributed by atoms with Crippen LogP contribution in [0.15, 0.2) is 30.6 Å². The molecular weight excluding hydrogens is 266 g/mol. The zero-order valence-corrected chi connectivity index (χ0v) is 11.9. The van der Waals surface area contributed by atoms with Gasteiger partial charge in [0.2, 0.25) is 0 Å². The first-order valence-electron chi connectivity index (χ1n) is 7.06. The number of rotatable bonds is 3. The Bertz CT molecular complexity index is 653. The van der Waals surface area contributed by atoms with Crippen molar-refractivity contribution in [1.29, 1.82) is 0 Å². The number of esters is 1. The molecule has 0 radical (unpaired) electrons. The Kier molecular flexibility index (Phi) is 3.81. The van der Waals surface area contributed by atoms with Gasteiger partial charge >= 0.3 is 5.97 Å². The minimum atomic E-state index is -0.480. The smallest absolute Gasteiger partial charge is 0.358 e. The largest absolute Gasteiger partial charge is 0.464 e. The zero-order valence-electron chi connectivity index (χ0n) is 11.9. The number of methoxy groups -OCH3 is 1. The maximum Gasteiger partial charge on any atom is 0.358 e. The molecule has 5 nitrogen and oxygen atoms in total. The summed E-state index contributed by atoms with van der Waals surface area (Å²) in [6, 6.07) is 6.30. The van der Waals surface area contributed by atoms with Gasteiger partial charge < -0.3 is 10.1 Å². The fourth-order valence-electron chi connectivity index (χ4n) is 2.64. The molecule has 108 valence electrons. The highest BCUT2D eigenvalue weighted by Crippen LogP contribution is 2.29. The molecule has 0 aliphatic heterocycles. The normalized spacial score (nSPS) is 13.4. The van der Waals surface area contributed by atoms with Gasteiger partial charge in [0.15, 0.2) is 5.69 Å². The van der Waals surface area contributed by atoms with Crippen LogP contribution >= 0.6 is 0 Å². The molecule has 0 amide bonds. The molecule has 1 heterocycles. The SMILES string of the molecule is COC(=O)c1cnc(Nc2cccc3c2CCCC3)cn1. The van der Waals surface area contributed by atoms with E-state index in [2.05, 4.69) is 38.2 Å². The van der Waals surface area contributed by atoms with Crippen LogP contribution in [0.3, 0.4) is 0 Å². The van der Waals surface area contributed by atoms with Crippen LogP contribution in [-0.2, 0) is 17.6 Å². The highest BCUT2D eigenvalue weighted by atomic mass is 16.5. The highest BCUT2D eigenvalue weighted by molar-refractivity contribution is 5.86. The van der Waals surface area contributed by atoms with Gasteiger partial charge in [0.1, 0.15) is 5.82 Å².